The Labute approximate surface area is 199 Å². The van der Waals surface area contributed by atoms with Crippen molar-refractivity contribution in [2.24, 2.45) is 10.9 Å². The van der Waals surface area contributed by atoms with Gasteiger partial charge in [0.2, 0.25) is 0 Å². The molecule has 1 aromatic rings. The Balaban J connectivity index is 0.00000480. The van der Waals surface area contributed by atoms with E-state index in [0.717, 1.165) is 12.1 Å². The van der Waals surface area contributed by atoms with Crippen LogP contribution in [0.3, 0.4) is 0 Å². The van der Waals surface area contributed by atoms with E-state index in [9.17, 15) is 21.6 Å². The van der Waals surface area contributed by atoms with Crippen molar-refractivity contribution >= 4 is 40.0 Å². The number of alkyl halides is 3. The van der Waals surface area contributed by atoms with Crippen molar-refractivity contribution in [3.63, 3.8) is 0 Å². The van der Waals surface area contributed by atoms with Crippen LogP contribution in [0.4, 0.5) is 13.2 Å². The summed E-state index contributed by atoms with van der Waals surface area (Å²) < 4.78 is 61.5. The molecule has 12 heteroatoms. The molecule has 178 valence electrons. The van der Waals surface area contributed by atoms with Crippen LogP contribution >= 0.6 is 24.0 Å². The molecule has 0 aliphatic carbocycles. The molecule has 1 heterocycles. The first-order chi connectivity index (χ1) is 14.0. The van der Waals surface area contributed by atoms with Gasteiger partial charge in [-0.2, -0.15) is 17.5 Å². The summed E-state index contributed by atoms with van der Waals surface area (Å²) in [6.07, 6.45) is 0.734. The Kier molecular flexibility index (Phi) is 11.0. The van der Waals surface area contributed by atoms with Crippen LogP contribution in [-0.4, -0.2) is 69.9 Å². The number of benzene rings is 1. The second kappa shape index (κ2) is 12.2. The summed E-state index contributed by atoms with van der Waals surface area (Å²) in [5, 5.41) is 6.41. The van der Waals surface area contributed by atoms with E-state index in [1.54, 1.807) is 7.05 Å². The van der Waals surface area contributed by atoms with Crippen molar-refractivity contribution < 1.29 is 21.6 Å². The van der Waals surface area contributed by atoms with Crippen molar-refractivity contribution in [3.8, 4) is 0 Å². The molecular formula is C19H31F3IN5O2S. The van der Waals surface area contributed by atoms with E-state index in [0.29, 0.717) is 36.2 Å². The monoisotopic (exact) mass is 577 g/mol. The van der Waals surface area contributed by atoms with E-state index in [4.69, 9.17) is 0 Å². The van der Waals surface area contributed by atoms with Gasteiger partial charge >= 0.3 is 15.5 Å². The number of hydrogen-bond acceptors (Lipinski definition) is 4. The van der Waals surface area contributed by atoms with Crippen molar-refractivity contribution in [2.45, 2.75) is 31.4 Å². The lowest BCUT2D eigenvalue weighted by atomic mass is 9.98. The van der Waals surface area contributed by atoms with Crippen LogP contribution in [0, 0.1) is 5.92 Å². The molecule has 0 saturated carbocycles. The quantitative estimate of drug-likeness (QED) is 0.296. The number of piperidine rings is 1. The average molecular weight is 577 g/mol. The molecule has 2 rings (SSSR count). The minimum Gasteiger partial charge on any atom is -0.356 e. The Morgan fingerprint density at radius 2 is 1.81 bits per heavy atom. The van der Waals surface area contributed by atoms with Crippen LogP contribution in [0.5, 0.6) is 0 Å². The fourth-order valence-electron chi connectivity index (χ4n) is 3.35. The Hall–Kier alpha value is -1.12. The average Bonchev–Trinajstić information content (AvgIpc) is 2.67. The van der Waals surface area contributed by atoms with E-state index in [1.165, 1.54) is 5.56 Å². The Morgan fingerprint density at radius 1 is 1.19 bits per heavy atom. The molecule has 7 nitrogen and oxygen atoms in total. The van der Waals surface area contributed by atoms with Gasteiger partial charge < -0.3 is 15.5 Å². The standard InChI is InChI=1S/C19H30F3N5O2S.HI/c1-23-18(25-13-16-5-4-6-17(11-16)14-26(2)3)24-12-15-7-9-27(10-8-15)30(28,29)19(20,21)22;/h4-6,11,15H,7-10,12-14H2,1-3H3,(H2,23,24,25);1H. The molecule has 1 aliphatic rings. The second-order valence-electron chi connectivity index (χ2n) is 7.66. The number of nitrogens with zero attached hydrogens (tertiary/aromatic N) is 3. The van der Waals surface area contributed by atoms with Crippen LogP contribution < -0.4 is 10.6 Å². The van der Waals surface area contributed by atoms with Gasteiger partial charge in [-0.3, -0.25) is 4.99 Å². The maximum atomic E-state index is 12.7. The minimum absolute atomic E-state index is 0. The Bertz CT molecular complexity index is 826. The number of guanidine groups is 1. The predicted molar refractivity (Wildman–Crippen MR) is 127 cm³/mol. The maximum absolute atomic E-state index is 12.7. The van der Waals surface area contributed by atoms with E-state index in [2.05, 4.69) is 32.7 Å². The molecule has 31 heavy (non-hydrogen) atoms. The van der Waals surface area contributed by atoms with Crippen LogP contribution in [0.2, 0.25) is 0 Å². The predicted octanol–water partition coefficient (Wildman–Crippen LogP) is 2.59. The molecule has 0 atom stereocenters. The summed E-state index contributed by atoms with van der Waals surface area (Å²) >= 11 is 0. The number of sulfonamides is 1. The van der Waals surface area contributed by atoms with Gasteiger partial charge in [0.05, 0.1) is 0 Å². The lowest BCUT2D eigenvalue weighted by Crippen LogP contribution is -2.47. The van der Waals surface area contributed by atoms with Crippen LogP contribution in [0.15, 0.2) is 29.3 Å². The van der Waals surface area contributed by atoms with E-state index < -0.39 is 15.5 Å². The molecule has 1 aromatic carbocycles. The molecule has 0 amide bonds. The van der Waals surface area contributed by atoms with E-state index in [-0.39, 0.29) is 43.0 Å². The highest BCUT2D eigenvalue weighted by Crippen LogP contribution is 2.30. The number of aliphatic imine (C=N–C) groups is 1. The molecule has 0 unspecified atom stereocenters. The molecule has 0 bridgehead atoms. The molecular weight excluding hydrogens is 546 g/mol. The highest BCUT2D eigenvalue weighted by Gasteiger charge is 2.50. The van der Waals surface area contributed by atoms with Crippen molar-refractivity contribution in [1.29, 1.82) is 0 Å². The Morgan fingerprint density at radius 3 is 2.35 bits per heavy atom. The lowest BCUT2D eigenvalue weighted by molar-refractivity contribution is -0.0496. The van der Waals surface area contributed by atoms with Gasteiger partial charge in [-0.05, 0) is 44.0 Å². The largest absolute Gasteiger partial charge is 0.511 e. The first-order valence-electron chi connectivity index (χ1n) is 9.76. The second-order valence-corrected chi connectivity index (χ2v) is 9.59. The highest BCUT2D eigenvalue weighted by atomic mass is 127. The molecule has 0 radical (unpaired) electrons. The third-order valence-corrected chi connectivity index (χ3v) is 6.57. The summed E-state index contributed by atoms with van der Waals surface area (Å²) in [6.45, 7) is 1.70. The first kappa shape index (κ1) is 27.9. The third-order valence-electron chi connectivity index (χ3n) is 4.94. The molecule has 0 aromatic heterocycles. The van der Waals surface area contributed by atoms with Gasteiger partial charge in [0.15, 0.2) is 5.96 Å². The van der Waals surface area contributed by atoms with Gasteiger partial charge in [-0.25, -0.2) is 8.42 Å². The number of hydrogen-bond donors (Lipinski definition) is 2. The van der Waals surface area contributed by atoms with E-state index >= 15 is 0 Å². The lowest BCUT2D eigenvalue weighted by Gasteiger charge is -2.31. The minimum atomic E-state index is -5.24. The van der Waals surface area contributed by atoms with Crippen LogP contribution in [0.1, 0.15) is 24.0 Å². The zero-order chi connectivity index (χ0) is 22.4. The fraction of sp³-hybridized carbons (Fsp3) is 0.632. The number of rotatable bonds is 7. The normalized spacial score (nSPS) is 16.8. The van der Waals surface area contributed by atoms with Gasteiger partial charge in [-0.1, -0.05) is 24.3 Å². The van der Waals surface area contributed by atoms with Gasteiger partial charge in [-0.15, -0.1) is 24.0 Å². The third kappa shape index (κ3) is 8.39. The van der Waals surface area contributed by atoms with Crippen LogP contribution in [0.25, 0.3) is 0 Å². The smallest absolute Gasteiger partial charge is 0.356 e. The van der Waals surface area contributed by atoms with Crippen LogP contribution in [-0.2, 0) is 23.1 Å². The van der Waals surface area contributed by atoms with Gasteiger partial charge in [0.25, 0.3) is 0 Å². The van der Waals surface area contributed by atoms with Gasteiger partial charge in [0.1, 0.15) is 0 Å². The summed E-state index contributed by atoms with van der Waals surface area (Å²) in [6, 6.07) is 8.23. The zero-order valence-electron chi connectivity index (χ0n) is 17.9. The molecule has 0 spiro atoms. The number of nitrogens with one attached hydrogen (secondary N) is 2. The SMILES string of the molecule is CN=C(NCc1cccc(CN(C)C)c1)NCC1CCN(S(=O)(=O)C(F)(F)F)CC1.I. The zero-order valence-corrected chi connectivity index (χ0v) is 21.1. The fourth-order valence-corrected chi connectivity index (χ4v) is 4.33. The molecule has 1 saturated heterocycles. The van der Waals surface area contributed by atoms with Crippen molar-refractivity contribution in [1.82, 2.24) is 19.8 Å². The van der Waals surface area contributed by atoms with E-state index in [1.807, 2.05) is 26.2 Å². The summed E-state index contributed by atoms with van der Waals surface area (Å²) in [7, 11) is 0.441. The molecule has 1 fully saturated rings. The molecule has 2 N–H and O–H groups in total. The van der Waals surface area contributed by atoms with Crippen molar-refractivity contribution in [2.75, 3.05) is 40.8 Å². The summed E-state index contributed by atoms with van der Waals surface area (Å²) in [5.74, 6) is 0.671. The number of halogens is 4. The maximum Gasteiger partial charge on any atom is 0.511 e. The summed E-state index contributed by atoms with van der Waals surface area (Å²) in [4.78, 5) is 6.27. The molecule has 1 aliphatic heterocycles. The highest BCUT2D eigenvalue weighted by molar-refractivity contribution is 14.0. The van der Waals surface area contributed by atoms with Crippen molar-refractivity contribution in [3.05, 3.63) is 35.4 Å². The summed E-state index contributed by atoms with van der Waals surface area (Å²) in [5.41, 5.74) is -2.92. The van der Waals surface area contributed by atoms with Gasteiger partial charge in [0, 0.05) is 39.8 Å². The topological polar surface area (TPSA) is 77.0 Å². The first-order valence-corrected chi connectivity index (χ1v) is 11.2.